The average Bonchev–Trinajstić information content (AvgIpc) is 2.62. The molecule has 3 aromatic carbocycles. The first-order valence-corrected chi connectivity index (χ1v) is 8.25. The molecule has 4 nitrogen and oxygen atoms in total. The second-order valence-corrected chi connectivity index (χ2v) is 6.10. The van der Waals surface area contributed by atoms with E-state index in [2.05, 4.69) is 5.32 Å². The van der Waals surface area contributed by atoms with E-state index in [1.54, 1.807) is 7.11 Å². The molecule has 3 aromatic rings. The molecule has 0 atom stereocenters. The van der Waals surface area contributed by atoms with Crippen LogP contribution in [0.4, 0.5) is 5.69 Å². The van der Waals surface area contributed by atoms with Crippen molar-refractivity contribution in [3.8, 4) is 5.75 Å². The van der Waals surface area contributed by atoms with Gasteiger partial charge < -0.3 is 10.1 Å². The lowest BCUT2D eigenvalue weighted by Crippen LogP contribution is -2.29. The third-order valence-corrected chi connectivity index (χ3v) is 4.09. The van der Waals surface area contributed by atoms with Crippen LogP contribution in [0, 0.1) is 0 Å². The molecule has 0 aliphatic carbocycles. The van der Waals surface area contributed by atoms with Crippen molar-refractivity contribution in [3.05, 3.63) is 72.3 Å². The molecule has 0 saturated heterocycles. The van der Waals surface area contributed by atoms with E-state index in [4.69, 9.17) is 4.74 Å². The van der Waals surface area contributed by atoms with Crippen LogP contribution in [-0.4, -0.2) is 31.5 Å². The molecule has 0 radical (unpaired) electrons. The third-order valence-electron chi connectivity index (χ3n) is 4.09. The largest absolute Gasteiger partial charge is 0.497 e. The Kier molecular flexibility index (Phi) is 5.31. The Morgan fingerprint density at radius 2 is 1.72 bits per heavy atom. The van der Waals surface area contributed by atoms with Crippen LogP contribution in [-0.2, 0) is 11.3 Å². The number of hydrogen-bond acceptors (Lipinski definition) is 3. The van der Waals surface area contributed by atoms with Crippen LogP contribution in [0.5, 0.6) is 5.75 Å². The van der Waals surface area contributed by atoms with Gasteiger partial charge in [-0.1, -0.05) is 48.5 Å². The summed E-state index contributed by atoms with van der Waals surface area (Å²) in [6.07, 6.45) is 0. The summed E-state index contributed by atoms with van der Waals surface area (Å²) < 4.78 is 5.16. The summed E-state index contributed by atoms with van der Waals surface area (Å²) in [5.74, 6) is 0.812. The Labute approximate surface area is 148 Å². The lowest BCUT2D eigenvalue weighted by molar-refractivity contribution is -0.117. The fourth-order valence-corrected chi connectivity index (χ4v) is 2.87. The van der Waals surface area contributed by atoms with Gasteiger partial charge in [0, 0.05) is 17.6 Å². The van der Waals surface area contributed by atoms with E-state index in [0.717, 1.165) is 27.8 Å². The molecular weight excluding hydrogens is 312 g/mol. The van der Waals surface area contributed by atoms with Gasteiger partial charge in [0.1, 0.15) is 5.75 Å². The van der Waals surface area contributed by atoms with E-state index in [1.807, 2.05) is 78.7 Å². The van der Waals surface area contributed by atoms with E-state index in [1.165, 1.54) is 0 Å². The molecule has 0 aliphatic rings. The van der Waals surface area contributed by atoms with Crippen LogP contribution in [0.1, 0.15) is 5.56 Å². The van der Waals surface area contributed by atoms with Gasteiger partial charge in [0.15, 0.2) is 0 Å². The first-order chi connectivity index (χ1) is 12.2. The van der Waals surface area contributed by atoms with Crippen LogP contribution in [0.2, 0.25) is 0 Å². The quantitative estimate of drug-likeness (QED) is 0.743. The molecule has 0 unspecified atom stereocenters. The van der Waals surface area contributed by atoms with Gasteiger partial charge in [-0.2, -0.15) is 0 Å². The maximum atomic E-state index is 12.4. The Morgan fingerprint density at radius 3 is 2.48 bits per heavy atom. The lowest BCUT2D eigenvalue weighted by atomic mass is 10.1. The predicted molar refractivity (Wildman–Crippen MR) is 102 cm³/mol. The molecule has 25 heavy (non-hydrogen) atoms. The Hall–Kier alpha value is -2.85. The van der Waals surface area contributed by atoms with Crippen molar-refractivity contribution in [1.29, 1.82) is 0 Å². The van der Waals surface area contributed by atoms with Crippen LogP contribution in [0.15, 0.2) is 66.7 Å². The van der Waals surface area contributed by atoms with Crippen molar-refractivity contribution in [2.45, 2.75) is 6.54 Å². The number of likely N-dealkylation sites (N-methyl/N-ethyl adjacent to an activating group) is 1. The van der Waals surface area contributed by atoms with Crippen LogP contribution < -0.4 is 10.1 Å². The molecule has 1 amide bonds. The number of carbonyl (C=O) groups is 1. The number of rotatable bonds is 6. The van der Waals surface area contributed by atoms with Gasteiger partial charge in [0.25, 0.3) is 0 Å². The van der Waals surface area contributed by atoms with Gasteiger partial charge >= 0.3 is 0 Å². The minimum Gasteiger partial charge on any atom is -0.497 e. The number of carbonyl (C=O) groups excluding carboxylic acids is 1. The van der Waals surface area contributed by atoms with Gasteiger partial charge in [-0.15, -0.1) is 0 Å². The summed E-state index contributed by atoms with van der Waals surface area (Å²) in [4.78, 5) is 14.4. The van der Waals surface area contributed by atoms with Crippen LogP contribution in [0.3, 0.4) is 0 Å². The van der Waals surface area contributed by atoms with Crippen molar-refractivity contribution in [2.24, 2.45) is 0 Å². The normalized spacial score (nSPS) is 10.8. The number of benzene rings is 3. The zero-order chi connectivity index (χ0) is 17.6. The van der Waals surface area contributed by atoms with Crippen molar-refractivity contribution < 1.29 is 9.53 Å². The molecule has 0 heterocycles. The summed E-state index contributed by atoms with van der Waals surface area (Å²) in [5.41, 5.74) is 1.99. The summed E-state index contributed by atoms with van der Waals surface area (Å²) in [5, 5.41) is 5.19. The molecule has 4 heteroatoms. The highest BCUT2D eigenvalue weighted by Gasteiger charge is 2.09. The number of amides is 1. The number of hydrogen-bond donors (Lipinski definition) is 1. The summed E-state index contributed by atoms with van der Waals surface area (Å²) >= 11 is 0. The topological polar surface area (TPSA) is 41.6 Å². The zero-order valence-electron chi connectivity index (χ0n) is 14.5. The maximum Gasteiger partial charge on any atom is 0.238 e. The van der Waals surface area contributed by atoms with Crippen LogP contribution >= 0.6 is 0 Å². The molecule has 128 valence electrons. The SMILES string of the molecule is COc1ccc(CN(C)CC(=O)Nc2cccc3ccccc23)cc1. The third kappa shape index (κ3) is 4.37. The zero-order valence-corrected chi connectivity index (χ0v) is 14.5. The van der Waals surface area contributed by atoms with E-state index >= 15 is 0 Å². The number of nitrogens with zero attached hydrogens (tertiary/aromatic N) is 1. The molecular formula is C21H22N2O2. The fraction of sp³-hybridized carbons (Fsp3) is 0.190. The molecule has 0 bridgehead atoms. The number of anilines is 1. The smallest absolute Gasteiger partial charge is 0.238 e. The van der Waals surface area contributed by atoms with Gasteiger partial charge in [-0.25, -0.2) is 0 Å². The molecule has 0 saturated carbocycles. The highest BCUT2D eigenvalue weighted by Crippen LogP contribution is 2.22. The van der Waals surface area contributed by atoms with Gasteiger partial charge in [-0.05, 0) is 36.2 Å². The number of fused-ring (bicyclic) bond motifs is 1. The summed E-state index contributed by atoms with van der Waals surface area (Å²) in [7, 11) is 3.59. The van der Waals surface area contributed by atoms with Gasteiger partial charge in [0.05, 0.1) is 13.7 Å². The van der Waals surface area contributed by atoms with Gasteiger partial charge in [0.2, 0.25) is 5.91 Å². The molecule has 0 fully saturated rings. The lowest BCUT2D eigenvalue weighted by Gasteiger charge is -2.17. The Balaban J connectivity index is 1.61. The first-order valence-electron chi connectivity index (χ1n) is 8.25. The van der Waals surface area contributed by atoms with Gasteiger partial charge in [-0.3, -0.25) is 9.69 Å². The second kappa shape index (κ2) is 7.81. The van der Waals surface area contributed by atoms with Crippen molar-refractivity contribution in [3.63, 3.8) is 0 Å². The highest BCUT2D eigenvalue weighted by molar-refractivity contribution is 6.02. The van der Waals surface area contributed by atoms with E-state index < -0.39 is 0 Å². The Morgan fingerprint density at radius 1 is 1.00 bits per heavy atom. The standard InChI is InChI=1S/C21H22N2O2/c1-23(14-16-10-12-18(25-2)13-11-16)15-21(24)22-20-9-5-7-17-6-3-4-8-19(17)20/h3-13H,14-15H2,1-2H3,(H,22,24). The number of ether oxygens (including phenoxy) is 1. The van der Waals surface area contributed by atoms with E-state index in [0.29, 0.717) is 13.1 Å². The van der Waals surface area contributed by atoms with Crippen molar-refractivity contribution >= 4 is 22.4 Å². The molecule has 3 rings (SSSR count). The van der Waals surface area contributed by atoms with Crippen LogP contribution in [0.25, 0.3) is 10.8 Å². The van der Waals surface area contributed by atoms with E-state index in [9.17, 15) is 4.79 Å². The number of methoxy groups -OCH3 is 1. The fourth-order valence-electron chi connectivity index (χ4n) is 2.87. The minimum absolute atomic E-state index is 0.0210. The second-order valence-electron chi connectivity index (χ2n) is 6.10. The molecule has 0 aliphatic heterocycles. The minimum atomic E-state index is -0.0210. The predicted octanol–water partition coefficient (Wildman–Crippen LogP) is 3.92. The Bertz CT molecular complexity index is 854. The van der Waals surface area contributed by atoms with Crippen molar-refractivity contribution in [2.75, 3.05) is 26.0 Å². The first kappa shape index (κ1) is 17.0. The summed E-state index contributed by atoms with van der Waals surface area (Å²) in [6, 6.07) is 21.9. The average molecular weight is 334 g/mol. The molecule has 1 N–H and O–H groups in total. The van der Waals surface area contributed by atoms with E-state index in [-0.39, 0.29) is 5.91 Å². The maximum absolute atomic E-state index is 12.4. The number of nitrogens with one attached hydrogen (secondary N) is 1. The molecule has 0 aromatic heterocycles. The monoisotopic (exact) mass is 334 g/mol. The highest BCUT2D eigenvalue weighted by atomic mass is 16.5. The van der Waals surface area contributed by atoms with Crippen molar-refractivity contribution in [1.82, 2.24) is 4.90 Å². The molecule has 0 spiro atoms. The summed E-state index contributed by atoms with van der Waals surface area (Å²) in [6.45, 7) is 1.03.